The van der Waals surface area contributed by atoms with Gasteiger partial charge in [-0.15, -0.1) is 0 Å². The molecule has 2 aliphatic carbocycles. The maximum Gasteiger partial charge on any atom is 0.0727 e. The van der Waals surface area contributed by atoms with E-state index in [0.717, 1.165) is 34.1 Å². The summed E-state index contributed by atoms with van der Waals surface area (Å²) in [5.74, 6) is 0. The van der Waals surface area contributed by atoms with Crippen molar-refractivity contribution in [3.63, 3.8) is 0 Å². The fraction of sp³-hybridized carbons (Fsp3) is 0.0164. The van der Waals surface area contributed by atoms with Gasteiger partial charge in [-0.25, -0.2) is 0 Å². The van der Waals surface area contributed by atoms with Crippen molar-refractivity contribution in [1.29, 1.82) is 0 Å². The van der Waals surface area contributed by atoms with Gasteiger partial charge in [0, 0.05) is 34.0 Å². The molecule has 12 rings (SSSR count). The van der Waals surface area contributed by atoms with Crippen LogP contribution in [0.4, 0.5) is 34.1 Å². The summed E-state index contributed by atoms with van der Waals surface area (Å²) in [6.45, 7) is 0. The predicted molar refractivity (Wildman–Crippen MR) is 263 cm³/mol. The summed E-state index contributed by atoms with van der Waals surface area (Å²) in [7, 11) is 0. The molecule has 0 heterocycles. The minimum Gasteiger partial charge on any atom is -0.310 e. The maximum atomic E-state index is 2.49. The highest BCUT2D eigenvalue weighted by molar-refractivity contribution is 5.98. The average Bonchev–Trinajstić information content (AvgIpc) is 3.82. The molecule has 63 heavy (non-hydrogen) atoms. The molecule has 2 heteroatoms. The molecule has 0 fully saturated rings. The molecule has 1 atom stereocenters. The predicted octanol–water partition coefficient (Wildman–Crippen LogP) is 16.3. The van der Waals surface area contributed by atoms with Crippen molar-refractivity contribution in [3.8, 4) is 44.5 Å². The molecule has 1 unspecified atom stereocenters. The molecule has 10 aromatic rings. The molecule has 0 saturated carbocycles. The lowest BCUT2D eigenvalue weighted by Crippen LogP contribution is -2.26. The summed E-state index contributed by atoms with van der Waals surface area (Å²) in [5, 5.41) is 0. The molecular weight excluding hydrogens is 761 g/mol. The molecule has 0 saturated heterocycles. The lowest BCUT2D eigenvalue weighted by molar-refractivity contribution is 0.793. The van der Waals surface area contributed by atoms with Crippen molar-refractivity contribution in [1.82, 2.24) is 0 Å². The lowest BCUT2D eigenvalue weighted by Gasteiger charge is -2.33. The summed E-state index contributed by atoms with van der Waals surface area (Å²) < 4.78 is 0. The lowest BCUT2D eigenvalue weighted by atomic mass is 9.70. The van der Waals surface area contributed by atoms with Crippen molar-refractivity contribution in [2.24, 2.45) is 0 Å². The highest BCUT2D eigenvalue weighted by Gasteiger charge is 2.52. The van der Waals surface area contributed by atoms with Gasteiger partial charge >= 0.3 is 0 Å². The Bertz CT molecular complexity index is 3220. The Morgan fingerprint density at radius 2 is 0.619 bits per heavy atom. The van der Waals surface area contributed by atoms with E-state index in [4.69, 9.17) is 0 Å². The van der Waals surface area contributed by atoms with E-state index >= 15 is 0 Å². The number of anilines is 6. The van der Waals surface area contributed by atoms with Crippen molar-refractivity contribution < 1.29 is 0 Å². The summed E-state index contributed by atoms with van der Waals surface area (Å²) in [4.78, 5) is 4.84. The van der Waals surface area contributed by atoms with Crippen molar-refractivity contribution in [3.05, 3.63) is 277 Å². The summed E-state index contributed by atoms with van der Waals surface area (Å²) >= 11 is 0. The first kappa shape index (κ1) is 36.6. The Morgan fingerprint density at radius 1 is 0.222 bits per heavy atom. The minimum absolute atomic E-state index is 0.565. The van der Waals surface area contributed by atoms with Gasteiger partial charge < -0.3 is 9.80 Å². The minimum atomic E-state index is -0.565. The van der Waals surface area contributed by atoms with Gasteiger partial charge in [-0.05, 0) is 134 Å². The van der Waals surface area contributed by atoms with Crippen LogP contribution in [0.1, 0.15) is 22.3 Å². The van der Waals surface area contributed by atoms with Gasteiger partial charge in [0.15, 0.2) is 0 Å². The third kappa shape index (κ3) is 5.87. The normalized spacial score (nSPS) is 14.1. The second-order valence-electron chi connectivity index (χ2n) is 16.4. The van der Waals surface area contributed by atoms with E-state index in [1.165, 1.54) is 66.8 Å². The molecule has 10 aromatic carbocycles. The molecule has 0 aromatic heterocycles. The van der Waals surface area contributed by atoms with Crippen LogP contribution < -0.4 is 9.80 Å². The molecule has 0 N–H and O–H groups in total. The third-order valence-corrected chi connectivity index (χ3v) is 13.0. The van der Waals surface area contributed by atoms with Gasteiger partial charge in [-0.3, -0.25) is 0 Å². The van der Waals surface area contributed by atoms with Crippen LogP contribution in [0.2, 0.25) is 0 Å². The summed E-state index contributed by atoms with van der Waals surface area (Å²) in [6, 6.07) is 93.3. The zero-order valence-corrected chi connectivity index (χ0v) is 34.6. The van der Waals surface area contributed by atoms with Crippen LogP contribution in [0, 0.1) is 0 Å². The first-order valence-corrected chi connectivity index (χ1v) is 21.8. The van der Waals surface area contributed by atoms with Gasteiger partial charge in [-0.2, -0.15) is 0 Å². The number of para-hydroxylation sites is 3. The molecule has 296 valence electrons. The highest BCUT2D eigenvalue weighted by atomic mass is 15.1. The van der Waals surface area contributed by atoms with E-state index in [1.54, 1.807) is 0 Å². The Hall–Kier alpha value is -8.20. The smallest absolute Gasteiger partial charge is 0.0727 e. The SMILES string of the molecule is c1ccc(-c2ccc(N(c3ccccc3)c3ccc4c(c3)C3(c5ccccc5-c5ccc(N(c6ccccc6)c6ccccc6)cc53)c3ccccc3-4)c(-c3ccccc3)c2)cc1. The fourth-order valence-electron chi connectivity index (χ4n) is 10.4. The summed E-state index contributed by atoms with van der Waals surface area (Å²) in [5.41, 5.74) is 21.1. The standard InChI is InChI=1S/C61H42N2/c1-6-20-43(21-7-1)45-34-39-60(55(40-45)44-22-8-2-9-23-44)63(48-28-14-5-15-29-48)50-36-38-54-52-31-17-19-33-57(52)61(59(54)42-50)56-32-18-16-30-51(56)53-37-35-49(41-58(53)61)62(46-24-10-3-11-25-46)47-26-12-4-13-27-47/h1-42H. The molecule has 0 amide bonds. The number of hydrogen-bond acceptors (Lipinski definition) is 2. The molecule has 2 aliphatic rings. The van der Waals surface area contributed by atoms with Crippen LogP contribution >= 0.6 is 0 Å². The second-order valence-corrected chi connectivity index (χ2v) is 16.4. The van der Waals surface area contributed by atoms with Crippen LogP contribution in [-0.4, -0.2) is 0 Å². The Morgan fingerprint density at radius 3 is 1.13 bits per heavy atom. The largest absolute Gasteiger partial charge is 0.310 e. The molecule has 1 spiro atoms. The number of benzene rings is 10. The fourth-order valence-corrected chi connectivity index (χ4v) is 10.4. The van der Waals surface area contributed by atoms with Gasteiger partial charge in [-0.1, -0.05) is 182 Å². The summed E-state index contributed by atoms with van der Waals surface area (Å²) in [6.07, 6.45) is 0. The monoisotopic (exact) mass is 802 g/mol. The molecule has 2 nitrogen and oxygen atoms in total. The second kappa shape index (κ2) is 15.1. The van der Waals surface area contributed by atoms with Crippen LogP contribution in [0.15, 0.2) is 255 Å². The molecule has 0 aliphatic heterocycles. The Kier molecular flexibility index (Phi) is 8.76. The number of nitrogens with zero attached hydrogens (tertiary/aromatic N) is 2. The topological polar surface area (TPSA) is 6.48 Å². The van der Waals surface area contributed by atoms with Crippen molar-refractivity contribution >= 4 is 34.1 Å². The van der Waals surface area contributed by atoms with Crippen LogP contribution in [-0.2, 0) is 5.41 Å². The van der Waals surface area contributed by atoms with Crippen LogP contribution in [0.3, 0.4) is 0 Å². The van der Waals surface area contributed by atoms with E-state index in [-0.39, 0.29) is 0 Å². The van der Waals surface area contributed by atoms with Crippen LogP contribution in [0.5, 0.6) is 0 Å². The molecule has 0 radical (unpaired) electrons. The van der Waals surface area contributed by atoms with Crippen molar-refractivity contribution in [2.75, 3.05) is 9.80 Å². The van der Waals surface area contributed by atoms with Gasteiger partial charge in [0.25, 0.3) is 0 Å². The number of fused-ring (bicyclic) bond motifs is 10. The molecule has 0 bridgehead atoms. The van der Waals surface area contributed by atoms with E-state index in [2.05, 4.69) is 265 Å². The highest BCUT2D eigenvalue weighted by Crippen LogP contribution is 2.64. The van der Waals surface area contributed by atoms with E-state index in [0.29, 0.717) is 0 Å². The van der Waals surface area contributed by atoms with E-state index in [9.17, 15) is 0 Å². The zero-order chi connectivity index (χ0) is 41.7. The maximum absolute atomic E-state index is 2.49. The molecular formula is C61H42N2. The third-order valence-electron chi connectivity index (χ3n) is 13.0. The Labute approximate surface area is 369 Å². The first-order valence-electron chi connectivity index (χ1n) is 21.8. The number of rotatable bonds is 8. The first-order chi connectivity index (χ1) is 31.3. The van der Waals surface area contributed by atoms with E-state index < -0.39 is 5.41 Å². The van der Waals surface area contributed by atoms with Crippen molar-refractivity contribution in [2.45, 2.75) is 5.41 Å². The zero-order valence-electron chi connectivity index (χ0n) is 34.6. The van der Waals surface area contributed by atoms with Crippen LogP contribution in [0.25, 0.3) is 44.5 Å². The van der Waals surface area contributed by atoms with E-state index in [1.807, 2.05) is 0 Å². The van der Waals surface area contributed by atoms with Gasteiger partial charge in [0.1, 0.15) is 0 Å². The van der Waals surface area contributed by atoms with Gasteiger partial charge in [0.2, 0.25) is 0 Å². The number of hydrogen-bond donors (Lipinski definition) is 0. The van der Waals surface area contributed by atoms with Gasteiger partial charge in [0.05, 0.1) is 11.1 Å². The Balaban J connectivity index is 1.12. The quantitative estimate of drug-likeness (QED) is 0.151. The average molecular weight is 803 g/mol.